The molecule has 80 valence electrons. The van der Waals surface area contributed by atoms with Crippen LogP contribution in [0.4, 0.5) is 0 Å². The zero-order chi connectivity index (χ0) is 10.4. The number of rotatable bonds is 5. The molecule has 1 rings (SSSR count). The number of hydrogen-bond donors (Lipinski definition) is 2. The second kappa shape index (κ2) is 5.70. The first-order chi connectivity index (χ1) is 6.77. The largest absolute Gasteiger partial charge is 0.398 e. The summed E-state index contributed by atoms with van der Waals surface area (Å²) in [7, 11) is 0. The van der Waals surface area contributed by atoms with Crippen LogP contribution in [-0.2, 0) is 0 Å². The molecule has 0 amide bonds. The maximum Gasteiger partial charge on any atom is 0.0986 e. The maximum absolute atomic E-state index is 5.64. The molecule has 0 spiro atoms. The zero-order valence-electron chi connectivity index (χ0n) is 9.16. The highest BCUT2D eigenvalue weighted by Gasteiger charge is 2.14. The summed E-state index contributed by atoms with van der Waals surface area (Å²) in [5.74, 6) is 0. The van der Waals surface area contributed by atoms with E-state index in [1.165, 1.54) is 12.8 Å². The Balaban J connectivity index is 2.48. The van der Waals surface area contributed by atoms with Gasteiger partial charge >= 0.3 is 0 Å². The van der Waals surface area contributed by atoms with Crippen LogP contribution in [0.2, 0.25) is 0 Å². The Bertz CT molecular complexity index is 215. The van der Waals surface area contributed by atoms with Gasteiger partial charge in [-0.15, -0.1) is 0 Å². The van der Waals surface area contributed by atoms with Gasteiger partial charge in [0.1, 0.15) is 0 Å². The highest BCUT2D eigenvalue weighted by molar-refractivity contribution is 5.20. The van der Waals surface area contributed by atoms with Crippen LogP contribution < -0.4 is 11.1 Å². The lowest BCUT2D eigenvalue weighted by Crippen LogP contribution is -2.44. The SMILES string of the molecule is CCCN(CCC)C1C=CC(N)=CN1. The summed E-state index contributed by atoms with van der Waals surface area (Å²) >= 11 is 0. The Morgan fingerprint density at radius 1 is 1.36 bits per heavy atom. The molecule has 3 nitrogen and oxygen atoms in total. The molecule has 0 bridgehead atoms. The quantitative estimate of drug-likeness (QED) is 0.696. The molecular weight excluding hydrogens is 174 g/mol. The fraction of sp³-hybridized carbons (Fsp3) is 0.636. The molecular formula is C11H21N3. The lowest BCUT2D eigenvalue weighted by Gasteiger charge is -2.30. The third-order valence-electron chi connectivity index (χ3n) is 2.31. The zero-order valence-corrected chi connectivity index (χ0v) is 9.16. The first-order valence-electron chi connectivity index (χ1n) is 5.41. The second-order valence-electron chi connectivity index (χ2n) is 3.65. The van der Waals surface area contributed by atoms with Gasteiger partial charge in [-0.2, -0.15) is 0 Å². The van der Waals surface area contributed by atoms with Crippen molar-refractivity contribution in [2.45, 2.75) is 32.9 Å². The fourth-order valence-electron chi connectivity index (χ4n) is 1.68. The standard InChI is InChI=1S/C11H21N3/c1-3-7-14(8-4-2)11-6-5-10(12)9-13-11/h5-6,9,11,13H,3-4,7-8,12H2,1-2H3. The highest BCUT2D eigenvalue weighted by Crippen LogP contribution is 2.06. The van der Waals surface area contributed by atoms with Crippen LogP contribution in [-0.4, -0.2) is 24.2 Å². The van der Waals surface area contributed by atoms with Gasteiger partial charge in [-0.1, -0.05) is 13.8 Å². The van der Waals surface area contributed by atoms with Gasteiger partial charge < -0.3 is 11.1 Å². The maximum atomic E-state index is 5.64. The van der Waals surface area contributed by atoms with Crippen molar-refractivity contribution >= 4 is 0 Å². The highest BCUT2D eigenvalue weighted by atomic mass is 15.3. The van der Waals surface area contributed by atoms with Crippen LogP contribution in [0, 0.1) is 0 Å². The van der Waals surface area contributed by atoms with Crippen LogP contribution in [0.3, 0.4) is 0 Å². The monoisotopic (exact) mass is 195 g/mol. The van der Waals surface area contributed by atoms with Crippen LogP contribution in [0.1, 0.15) is 26.7 Å². The third-order valence-corrected chi connectivity index (χ3v) is 2.31. The summed E-state index contributed by atoms with van der Waals surface area (Å²) in [6.07, 6.45) is 8.67. The van der Waals surface area contributed by atoms with Crippen molar-refractivity contribution in [1.82, 2.24) is 10.2 Å². The first-order valence-corrected chi connectivity index (χ1v) is 5.41. The van der Waals surface area contributed by atoms with Gasteiger partial charge in [0.2, 0.25) is 0 Å². The Labute approximate surface area is 86.7 Å². The number of nitrogens with two attached hydrogens (primary N) is 1. The predicted octanol–water partition coefficient (Wildman–Crippen LogP) is 1.39. The van der Waals surface area contributed by atoms with Crippen molar-refractivity contribution in [3.05, 3.63) is 24.0 Å². The van der Waals surface area contributed by atoms with E-state index < -0.39 is 0 Å². The van der Waals surface area contributed by atoms with E-state index in [2.05, 4.69) is 30.1 Å². The number of hydrogen-bond acceptors (Lipinski definition) is 3. The first kappa shape index (κ1) is 11.1. The Morgan fingerprint density at radius 2 is 2.00 bits per heavy atom. The van der Waals surface area contributed by atoms with Gasteiger partial charge in [-0.3, -0.25) is 4.90 Å². The molecule has 1 aliphatic rings. The van der Waals surface area contributed by atoms with Gasteiger partial charge in [0.15, 0.2) is 0 Å². The molecule has 0 saturated heterocycles. The smallest absolute Gasteiger partial charge is 0.0986 e. The van der Waals surface area contributed by atoms with Crippen LogP contribution in [0.25, 0.3) is 0 Å². The summed E-state index contributed by atoms with van der Waals surface area (Å²) in [4.78, 5) is 2.43. The van der Waals surface area contributed by atoms with Gasteiger partial charge in [-0.05, 0) is 25.0 Å². The molecule has 14 heavy (non-hydrogen) atoms. The van der Waals surface area contributed by atoms with Crippen molar-refractivity contribution < 1.29 is 0 Å². The Morgan fingerprint density at radius 3 is 2.43 bits per heavy atom. The average Bonchev–Trinajstić information content (AvgIpc) is 2.19. The van der Waals surface area contributed by atoms with E-state index >= 15 is 0 Å². The van der Waals surface area contributed by atoms with Crippen molar-refractivity contribution in [3.8, 4) is 0 Å². The van der Waals surface area contributed by atoms with E-state index in [1.54, 1.807) is 0 Å². The summed E-state index contributed by atoms with van der Waals surface area (Å²) in [5, 5.41) is 3.29. The average molecular weight is 195 g/mol. The molecule has 0 aromatic rings. The van der Waals surface area contributed by atoms with Gasteiger partial charge in [0.05, 0.1) is 6.17 Å². The Kier molecular flexibility index (Phi) is 4.53. The molecule has 0 radical (unpaired) electrons. The predicted molar refractivity (Wildman–Crippen MR) is 60.5 cm³/mol. The van der Waals surface area contributed by atoms with Gasteiger partial charge in [0, 0.05) is 25.0 Å². The molecule has 0 aromatic carbocycles. The summed E-state index contributed by atoms with van der Waals surface area (Å²) in [5.41, 5.74) is 6.44. The molecule has 0 aliphatic carbocycles. The van der Waals surface area contributed by atoms with Gasteiger partial charge in [0.25, 0.3) is 0 Å². The van der Waals surface area contributed by atoms with Crippen molar-refractivity contribution in [2.75, 3.05) is 13.1 Å². The van der Waals surface area contributed by atoms with Crippen LogP contribution in [0.15, 0.2) is 24.0 Å². The van der Waals surface area contributed by atoms with Gasteiger partial charge in [-0.25, -0.2) is 0 Å². The normalized spacial score (nSPS) is 20.8. The van der Waals surface area contributed by atoms with E-state index in [9.17, 15) is 0 Å². The van der Waals surface area contributed by atoms with E-state index in [1.807, 2.05) is 12.3 Å². The minimum atomic E-state index is 0.321. The summed E-state index contributed by atoms with van der Waals surface area (Å²) < 4.78 is 0. The number of dihydropyridines is 1. The molecule has 0 fully saturated rings. The summed E-state index contributed by atoms with van der Waals surface area (Å²) in [6, 6.07) is 0. The lowest BCUT2D eigenvalue weighted by atomic mass is 10.2. The molecule has 1 unspecified atom stereocenters. The summed E-state index contributed by atoms with van der Waals surface area (Å²) in [6.45, 7) is 6.67. The van der Waals surface area contributed by atoms with Crippen LogP contribution >= 0.6 is 0 Å². The van der Waals surface area contributed by atoms with Crippen LogP contribution in [0.5, 0.6) is 0 Å². The Hall–Kier alpha value is -0.960. The van der Waals surface area contributed by atoms with Crippen molar-refractivity contribution in [2.24, 2.45) is 5.73 Å². The topological polar surface area (TPSA) is 41.3 Å². The fourth-order valence-corrected chi connectivity index (χ4v) is 1.68. The van der Waals surface area contributed by atoms with E-state index in [0.29, 0.717) is 6.17 Å². The van der Waals surface area contributed by atoms with E-state index in [4.69, 9.17) is 5.73 Å². The third kappa shape index (κ3) is 3.07. The molecule has 1 aliphatic heterocycles. The number of nitrogens with one attached hydrogen (secondary N) is 1. The second-order valence-corrected chi connectivity index (χ2v) is 3.65. The molecule has 0 saturated carbocycles. The minimum Gasteiger partial charge on any atom is -0.398 e. The number of nitrogens with zero attached hydrogens (tertiary/aromatic N) is 1. The molecule has 1 heterocycles. The molecule has 3 N–H and O–H groups in total. The van der Waals surface area contributed by atoms with Crippen molar-refractivity contribution in [3.63, 3.8) is 0 Å². The van der Waals surface area contributed by atoms with E-state index in [0.717, 1.165) is 18.8 Å². The van der Waals surface area contributed by atoms with Crippen molar-refractivity contribution in [1.29, 1.82) is 0 Å². The molecule has 0 aromatic heterocycles. The minimum absolute atomic E-state index is 0.321. The molecule has 1 atom stereocenters. The lowest BCUT2D eigenvalue weighted by molar-refractivity contribution is 0.211. The molecule has 3 heteroatoms. The number of allylic oxidation sites excluding steroid dienone is 1. The van der Waals surface area contributed by atoms with E-state index in [-0.39, 0.29) is 0 Å².